The predicted octanol–water partition coefficient (Wildman–Crippen LogP) is 0.489. The van der Waals surface area contributed by atoms with E-state index in [1.165, 1.54) is 18.9 Å². The van der Waals surface area contributed by atoms with Crippen LogP contribution in [-0.4, -0.2) is 51.0 Å². The maximum atomic E-state index is 12.0. The van der Waals surface area contributed by atoms with Crippen molar-refractivity contribution in [3.05, 3.63) is 0 Å². The minimum Gasteiger partial charge on any atom is -0.467 e. The fourth-order valence-corrected chi connectivity index (χ4v) is 2.39. The molecule has 8 nitrogen and oxygen atoms in total. The molecule has 0 fully saturated rings. The number of aryl methyl sites for hydroxylation is 1. The van der Waals surface area contributed by atoms with Gasteiger partial charge in [0.2, 0.25) is 11.1 Å². The van der Waals surface area contributed by atoms with Gasteiger partial charge in [-0.25, -0.2) is 9.48 Å². The van der Waals surface area contributed by atoms with Crippen LogP contribution < -0.4 is 5.32 Å². The van der Waals surface area contributed by atoms with Crippen molar-refractivity contribution in [2.24, 2.45) is 5.92 Å². The Balaban J connectivity index is 2.56. The van der Waals surface area contributed by atoms with E-state index in [-0.39, 0.29) is 17.6 Å². The highest BCUT2D eigenvalue weighted by Crippen LogP contribution is 2.14. The molecule has 0 spiro atoms. The number of carbonyl (C=O) groups excluding carboxylic acids is 2. The average Bonchev–Trinajstić information content (AvgIpc) is 2.96. The zero-order valence-corrected chi connectivity index (χ0v) is 13.5. The van der Waals surface area contributed by atoms with Crippen molar-refractivity contribution < 1.29 is 14.3 Å². The smallest absolute Gasteiger partial charge is 0.328 e. The van der Waals surface area contributed by atoms with Crippen LogP contribution in [0.5, 0.6) is 0 Å². The van der Waals surface area contributed by atoms with Crippen LogP contribution in [0.4, 0.5) is 0 Å². The molecule has 0 aliphatic carbocycles. The largest absolute Gasteiger partial charge is 0.467 e. The first-order valence-electron chi connectivity index (χ1n) is 6.79. The SMILES string of the molecule is CCC(C)C(NC(=O)CSc1nnnn1CC)C(=O)OC. The van der Waals surface area contributed by atoms with E-state index in [9.17, 15) is 9.59 Å². The minimum atomic E-state index is -0.629. The number of nitrogens with zero attached hydrogens (tertiary/aromatic N) is 4. The Bertz CT molecular complexity index is 479. The van der Waals surface area contributed by atoms with Gasteiger partial charge in [-0.15, -0.1) is 5.10 Å². The summed E-state index contributed by atoms with van der Waals surface area (Å²) in [4.78, 5) is 23.7. The number of carbonyl (C=O) groups is 2. The van der Waals surface area contributed by atoms with E-state index in [0.29, 0.717) is 11.7 Å². The molecule has 1 amide bonds. The highest BCUT2D eigenvalue weighted by atomic mass is 32.2. The molecule has 2 unspecified atom stereocenters. The van der Waals surface area contributed by atoms with Crippen LogP contribution in [0.1, 0.15) is 27.2 Å². The van der Waals surface area contributed by atoms with Crippen molar-refractivity contribution in [2.45, 2.75) is 44.9 Å². The second-order valence-electron chi connectivity index (χ2n) is 4.52. The van der Waals surface area contributed by atoms with Crippen LogP contribution in [0.25, 0.3) is 0 Å². The standard InChI is InChI=1S/C12H21N5O3S/c1-5-8(3)10(11(19)20-4)13-9(18)7-21-12-14-15-16-17(12)6-2/h8,10H,5-7H2,1-4H3,(H,13,18). The highest BCUT2D eigenvalue weighted by molar-refractivity contribution is 7.99. The summed E-state index contributed by atoms with van der Waals surface area (Å²) in [5.74, 6) is -0.528. The maximum absolute atomic E-state index is 12.0. The molecule has 0 saturated heterocycles. The Labute approximate surface area is 128 Å². The van der Waals surface area contributed by atoms with Gasteiger partial charge in [-0.2, -0.15) is 0 Å². The van der Waals surface area contributed by atoms with Gasteiger partial charge in [-0.05, 0) is 23.3 Å². The summed E-state index contributed by atoms with van der Waals surface area (Å²) >= 11 is 1.23. The van der Waals surface area contributed by atoms with E-state index in [1.54, 1.807) is 4.68 Å². The monoisotopic (exact) mass is 315 g/mol. The summed E-state index contributed by atoms with van der Waals surface area (Å²) in [6, 6.07) is -0.629. The molecule has 1 aromatic heterocycles. The molecular weight excluding hydrogens is 294 g/mol. The number of amides is 1. The second kappa shape index (κ2) is 8.60. The number of rotatable bonds is 8. The van der Waals surface area contributed by atoms with E-state index in [4.69, 9.17) is 4.74 Å². The van der Waals surface area contributed by atoms with Crippen LogP contribution in [0.15, 0.2) is 5.16 Å². The van der Waals surface area contributed by atoms with E-state index < -0.39 is 12.0 Å². The molecule has 0 bridgehead atoms. The van der Waals surface area contributed by atoms with Crippen molar-refractivity contribution in [2.75, 3.05) is 12.9 Å². The molecule has 118 valence electrons. The first kappa shape index (κ1) is 17.4. The summed E-state index contributed by atoms with van der Waals surface area (Å²) in [5.41, 5.74) is 0. The summed E-state index contributed by atoms with van der Waals surface area (Å²) in [6.45, 7) is 6.40. The number of hydrogen-bond acceptors (Lipinski definition) is 7. The molecule has 1 rings (SSSR count). The molecule has 1 heterocycles. The van der Waals surface area contributed by atoms with E-state index >= 15 is 0 Å². The zero-order chi connectivity index (χ0) is 15.8. The van der Waals surface area contributed by atoms with Crippen molar-refractivity contribution >= 4 is 23.6 Å². The fraction of sp³-hybridized carbons (Fsp3) is 0.750. The van der Waals surface area contributed by atoms with E-state index in [2.05, 4.69) is 20.8 Å². The van der Waals surface area contributed by atoms with Gasteiger partial charge in [0, 0.05) is 6.54 Å². The highest BCUT2D eigenvalue weighted by Gasteiger charge is 2.26. The molecule has 0 aromatic carbocycles. The van der Waals surface area contributed by atoms with E-state index in [0.717, 1.165) is 6.42 Å². The number of aromatic nitrogens is 4. The summed E-state index contributed by atoms with van der Waals surface area (Å²) in [6.07, 6.45) is 0.765. The molecule has 0 saturated carbocycles. The topological polar surface area (TPSA) is 99.0 Å². The quantitative estimate of drug-likeness (QED) is 0.550. The molecule has 1 aromatic rings. The Morgan fingerprint density at radius 3 is 2.71 bits per heavy atom. The summed E-state index contributed by atoms with van der Waals surface area (Å²) in [7, 11) is 1.31. The Hall–Kier alpha value is -1.64. The number of hydrogen-bond donors (Lipinski definition) is 1. The average molecular weight is 315 g/mol. The summed E-state index contributed by atoms with van der Waals surface area (Å²) in [5, 5.41) is 14.5. The third-order valence-electron chi connectivity index (χ3n) is 3.12. The molecular formula is C12H21N5O3S. The lowest BCUT2D eigenvalue weighted by atomic mass is 9.99. The zero-order valence-electron chi connectivity index (χ0n) is 12.7. The maximum Gasteiger partial charge on any atom is 0.328 e. The fourth-order valence-electron chi connectivity index (χ4n) is 1.64. The van der Waals surface area contributed by atoms with Gasteiger partial charge in [0.1, 0.15) is 6.04 Å². The number of ether oxygens (including phenoxy) is 1. The van der Waals surface area contributed by atoms with Gasteiger partial charge in [0.05, 0.1) is 12.9 Å². The molecule has 9 heteroatoms. The number of thioether (sulfide) groups is 1. The van der Waals surface area contributed by atoms with E-state index in [1.807, 2.05) is 20.8 Å². The third-order valence-corrected chi connectivity index (χ3v) is 4.07. The van der Waals surface area contributed by atoms with Gasteiger partial charge in [-0.3, -0.25) is 4.79 Å². The van der Waals surface area contributed by atoms with Crippen LogP contribution in [0.3, 0.4) is 0 Å². The number of methoxy groups -OCH3 is 1. The number of tetrazole rings is 1. The third kappa shape index (κ3) is 5.00. The van der Waals surface area contributed by atoms with Crippen molar-refractivity contribution in [3.8, 4) is 0 Å². The van der Waals surface area contributed by atoms with Crippen LogP contribution in [0.2, 0.25) is 0 Å². The normalized spacial score (nSPS) is 13.5. The predicted molar refractivity (Wildman–Crippen MR) is 77.6 cm³/mol. The molecule has 1 N–H and O–H groups in total. The van der Waals surface area contributed by atoms with Crippen LogP contribution in [-0.2, 0) is 20.9 Å². The summed E-state index contributed by atoms with van der Waals surface area (Å²) < 4.78 is 6.33. The lowest BCUT2D eigenvalue weighted by molar-refractivity contribution is -0.146. The van der Waals surface area contributed by atoms with Crippen molar-refractivity contribution in [1.29, 1.82) is 0 Å². The minimum absolute atomic E-state index is 0.00682. The van der Waals surface area contributed by atoms with Gasteiger partial charge < -0.3 is 10.1 Å². The Kier molecular flexibility index (Phi) is 7.13. The van der Waals surface area contributed by atoms with Crippen molar-refractivity contribution in [3.63, 3.8) is 0 Å². The number of esters is 1. The lowest BCUT2D eigenvalue weighted by Gasteiger charge is -2.21. The Morgan fingerprint density at radius 2 is 2.14 bits per heavy atom. The van der Waals surface area contributed by atoms with Crippen molar-refractivity contribution in [1.82, 2.24) is 25.5 Å². The van der Waals surface area contributed by atoms with Gasteiger partial charge in [0.25, 0.3) is 0 Å². The van der Waals surface area contributed by atoms with Gasteiger partial charge >= 0.3 is 5.97 Å². The van der Waals surface area contributed by atoms with Crippen LogP contribution in [0, 0.1) is 5.92 Å². The van der Waals surface area contributed by atoms with Gasteiger partial charge in [0.15, 0.2) is 0 Å². The lowest BCUT2D eigenvalue weighted by Crippen LogP contribution is -2.46. The molecule has 21 heavy (non-hydrogen) atoms. The molecule has 0 radical (unpaired) electrons. The molecule has 0 aliphatic heterocycles. The molecule has 2 atom stereocenters. The first-order valence-corrected chi connectivity index (χ1v) is 7.78. The van der Waals surface area contributed by atoms with Gasteiger partial charge in [-0.1, -0.05) is 32.0 Å². The second-order valence-corrected chi connectivity index (χ2v) is 5.46. The van der Waals surface area contributed by atoms with Crippen LogP contribution >= 0.6 is 11.8 Å². The first-order chi connectivity index (χ1) is 10.0. The number of nitrogens with one attached hydrogen (secondary N) is 1. The molecule has 0 aliphatic rings. The Morgan fingerprint density at radius 1 is 1.43 bits per heavy atom.